The number of anilines is 1. The number of hydrogen-bond acceptors (Lipinski definition) is 4. The number of allylic oxidation sites excluding steroid dienone is 1. The molecule has 0 heterocycles. The van der Waals surface area contributed by atoms with Crippen molar-refractivity contribution in [2.75, 3.05) is 19.0 Å². The van der Waals surface area contributed by atoms with E-state index >= 15 is 0 Å². The van der Waals surface area contributed by atoms with Crippen LogP contribution in [-0.4, -0.2) is 36.7 Å². The second-order valence-electron chi connectivity index (χ2n) is 12.7. The summed E-state index contributed by atoms with van der Waals surface area (Å²) in [5.74, 6) is -3.03. The summed E-state index contributed by atoms with van der Waals surface area (Å²) in [6.07, 6.45) is 1.56. The number of amides is 2. The van der Waals surface area contributed by atoms with Gasteiger partial charge in [0, 0.05) is 24.3 Å². The Morgan fingerprint density at radius 1 is 1.07 bits per heavy atom. The molecule has 10 heteroatoms. The highest BCUT2D eigenvalue weighted by Gasteiger charge is 2.54. The zero-order chi connectivity index (χ0) is 31.5. The zero-order valence-electron chi connectivity index (χ0n) is 25.0. The minimum Gasteiger partial charge on any atom is -0.496 e. The van der Waals surface area contributed by atoms with Crippen LogP contribution in [0.25, 0.3) is 0 Å². The van der Waals surface area contributed by atoms with Crippen LogP contribution >= 0.6 is 0 Å². The minimum atomic E-state index is -4.92. The molecular weight excluding hydrogens is 564 g/mol. The fourth-order valence-electron chi connectivity index (χ4n) is 6.40. The van der Waals surface area contributed by atoms with Crippen LogP contribution in [0.5, 0.6) is 5.75 Å². The molecule has 2 amide bonds. The number of carbonyl (C=O) groups excluding carboxylic acids is 2. The number of benzene rings is 2. The molecule has 2 fully saturated rings. The van der Waals surface area contributed by atoms with Gasteiger partial charge in [-0.05, 0) is 85.8 Å². The summed E-state index contributed by atoms with van der Waals surface area (Å²) in [6.45, 7) is 6.45. The molecular formula is C33H40F4N2O4. The minimum absolute atomic E-state index is 0.0122. The van der Waals surface area contributed by atoms with Gasteiger partial charge in [-0.25, -0.2) is 4.39 Å². The molecule has 2 bridgehead atoms. The van der Waals surface area contributed by atoms with Crippen LogP contribution in [0.2, 0.25) is 0 Å². The predicted molar refractivity (Wildman–Crippen MR) is 156 cm³/mol. The summed E-state index contributed by atoms with van der Waals surface area (Å²) in [5, 5.41) is 14.9. The summed E-state index contributed by atoms with van der Waals surface area (Å²) in [6, 6.07) is 7.02. The SMILES string of the molecule is COc1ccc(CCCO)cc1C(=O)NC1C2CCC(/C2=C/CCC(C)(C)C)C1C(=O)Nc1ccc(F)c(C(F)(F)F)c1. The topological polar surface area (TPSA) is 87.7 Å². The van der Waals surface area contributed by atoms with E-state index in [1.807, 2.05) is 6.07 Å². The summed E-state index contributed by atoms with van der Waals surface area (Å²) in [4.78, 5) is 27.4. The van der Waals surface area contributed by atoms with Crippen molar-refractivity contribution in [2.24, 2.45) is 23.2 Å². The molecule has 2 aromatic carbocycles. The van der Waals surface area contributed by atoms with E-state index in [2.05, 4.69) is 37.5 Å². The molecule has 4 atom stereocenters. The Morgan fingerprint density at radius 2 is 1.79 bits per heavy atom. The van der Waals surface area contributed by atoms with Gasteiger partial charge in [-0.1, -0.05) is 38.5 Å². The van der Waals surface area contributed by atoms with Crippen LogP contribution in [0.4, 0.5) is 23.2 Å². The quantitative estimate of drug-likeness (QED) is 0.203. The lowest BCUT2D eigenvalue weighted by Crippen LogP contribution is -2.48. The first-order valence-corrected chi connectivity index (χ1v) is 14.7. The molecule has 0 aromatic heterocycles. The Kier molecular flexibility index (Phi) is 9.89. The highest BCUT2D eigenvalue weighted by Crippen LogP contribution is 2.53. The van der Waals surface area contributed by atoms with E-state index in [-0.39, 0.29) is 29.5 Å². The van der Waals surface area contributed by atoms with Crippen molar-refractivity contribution in [3.8, 4) is 5.75 Å². The van der Waals surface area contributed by atoms with Crippen molar-refractivity contribution in [3.05, 3.63) is 70.6 Å². The highest BCUT2D eigenvalue weighted by atomic mass is 19.4. The lowest BCUT2D eigenvalue weighted by molar-refractivity contribution is -0.140. The van der Waals surface area contributed by atoms with Crippen molar-refractivity contribution in [2.45, 2.75) is 71.5 Å². The Bertz CT molecular complexity index is 1370. The Labute approximate surface area is 249 Å². The number of fused-ring (bicyclic) bond motifs is 2. The van der Waals surface area contributed by atoms with Gasteiger partial charge in [-0.3, -0.25) is 9.59 Å². The molecule has 2 aliphatic carbocycles. The van der Waals surface area contributed by atoms with Gasteiger partial charge in [0.2, 0.25) is 5.91 Å². The lowest BCUT2D eigenvalue weighted by Gasteiger charge is -2.30. The van der Waals surface area contributed by atoms with Gasteiger partial charge in [-0.15, -0.1) is 0 Å². The Balaban J connectivity index is 1.65. The van der Waals surface area contributed by atoms with Gasteiger partial charge in [0.1, 0.15) is 11.6 Å². The van der Waals surface area contributed by atoms with Crippen molar-refractivity contribution in [1.29, 1.82) is 0 Å². The standard InChI is InChI=1S/C33H40F4N2O4/c1-32(2,3)15-5-8-21-22-11-12-23(21)29(39-30(41)24-17-19(7-6-16-40)9-14-27(24)43-4)28(22)31(42)38-20-10-13-26(34)25(18-20)33(35,36)37/h8-10,13-14,17-18,22-23,28-29,40H,5-7,11-12,15-16H2,1-4H3,(H,38,42)(H,39,41)/b21-8-. The third-order valence-electron chi connectivity index (χ3n) is 8.45. The molecule has 4 rings (SSSR count). The average molecular weight is 605 g/mol. The number of aryl methyl sites for hydroxylation is 1. The fourth-order valence-corrected chi connectivity index (χ4v) is 6.40. The number of nitrogens with one attached hydrogen (secondary N) is 2. The summed E-state index contributed by atoms with van der Waals surface area (Å²) in [5.41, 5.74) is 0.721. The fraction of sp³-hybridized carbons (Fsp3) is 0.515. The van der Waals surface area contributed by atoms with Crippen LogP contribution in [0, 0.1) is 29.0 Å². The van der Waals surface area contributed by atoms with Crippen molar-refractivity contribution >= 4 is 17.5 Å². The third-order valence-corrected chi connectivity index (χ3v) is 8.45. The van der Waals surface area contributed by atoms with Crippen LogP contribution in [0.3, 0.4) is 0 Å². The van der Waals surface area contributed by atoms with E-state index in [0.717, 1.165) is 36.5 Å². The van der Waals surface area contributed by atoms with E-state index in [4.69, 9.17) is 4.74 Å². The summed E-state index contributed by atoms with van der Waals surface area (Å²) in [7, 11) is 1.46. The number of rotatable bonds is 10. The van der Waals surface area contributed by atoms with Crippen molar-refractivity contribution in [1.82, 2.24) is 5.32 Å². The third kappa shape index (κ3) is 7.58. The number of aliphatic hydroxyl groups excluding tert-OH is 1. The molecule has 4 unspecified atom stereocenters. The number of carbonyl (C=O) groups is 2. The second kappa shape index (κ2) is 13.1. The molecule has 43 heavy (non-hydrogen) atoms. The Hall–Kier alpha value is -3.40. The number of halogens is 4. The molecule has 0 aliphatic heterocycles. The number of aliphatic hydroxyl groups is 1. The van der Waals surface area contributed by atoms with Crippen LogP contribution in [0.1, 0.15) is 74.4 Å². The normalized spacial score (nSPS) is 22.6. The van der Waals surface area contributed by atoms with Crippen molar-refractivity contribution in [3.63, 3.8) is 0 Å². The summed E-state index contributed by atoms with van der Waals surface area (Å²) >= 11 is 0. The predicted octanol–water partition coefficient (Wildman–Crippen LogP) is 6.92. The lowest BCUT2D eigenvalue weighted by atomic mass is 9.83. The van der Waals surface area contributed by atoms with Gasteiger partial charge < -0.3 is 20.5 Å². The molecule has 2 aliphatic rings. The molecule has 3 N–H and O–H groups in total. The van der Waals surface area contributed by atoms with Crippen LogP contribution in [-0.2, 0) is 17.4 Å². The number of hydrogen-bond donors (Lipinski definition) is 3. The van der Waals surface area contributed by atoms with Gasteiger partial charge in [0.15, 0.2) is 0 Å². The molecule has 0 saturated heterocycles. The van der Waals surface area contributed by atoms with E-state index < -0.39 is 41.3 Å². The van der Waals surface area contributed by atoms with E-state index in [1.165, 1.54) is 7.11 Å². The first-order chi connectivity index (χ1) is 20.2. The van der Waals surface area contributed by atoms with E-state index in [1.54, 1.807) is 12.1 Å². The van der Waals surface area contributed by atoms with E-state index in [9.17, 15) is 32.3 Å². The maximum absolute atomic E-state index is 13.9. The van der Waals surface area contributed by atoms with E-state index in [0.29, 0.717) is 42.7 Å². The van der Waals surface area contributed by atoms with Gasteiger partial charge in [-0.2, -0.15) is 13.2 Å². The number of alkyl halides is 3. The first-order valence-electron chi connectivity index (χ1n) is 14.7. The monoisotopic (exact) mass is 604 g/mol. The maximum Gasteiger partial charge on any atom is 0.419 e. The smallest absolute Gasteiger partial charge is 0.419 e. The largest absolute Gasteiger partial charge is 0.496 e. The van der Waals surface area contributed by atoms with Crippen molar-refractivity contribution < 1.29 is 37.0 Å². The molecule has 0 spiro atoms. The van der Waals surface area contributed by atoms with Crippen LogP contribution < -0.4 is 15.4 Å². The number of methoxy groups -OCH3 is 1. The first kappa shape index (κ1) is 32.5. The molecule has 2 aromatic rings. The van der Waals surface area contributed by atoms with Gasteiger partial charge >= 0.3 is 6.18 Å². The molecule has 6 nitrogen and oxygen atoms in total. The van der Waals surface area contributed by atoms with Gasteiger partial charge in [0.05, 0.1) is 24.2 Å². The molecule has 0 radical (unpaired) electrons. The Morgan fingerprint density at radius 3 is 2.44 bits per heavy atom. The van der Waals surface area contributed by atoms with Gasteiger partial charge in [0.25, 0.3) is 5.91 Å². The second-order valence-corrected chi connectivity index (χ2v) is 12.7. The summed E-state index contributed by atoms with van der Waals surface area (Å²) < 4.78 is 59.3. The van der Waals surface area contributed by atoms with Crippen LogP contribution in [0.15, 0.2) is 48.0 Å². The molecule has 2 saturated carbocycles. The number of ether oxygens (including phenoxy) is 1. The maximum atomic E-state index is 13.9. The highest BCUT2D eigenvalue weighted by molar-refractivity contribution is 5.99. The molecule has 234 valence electrons. The average Bonchev–Trinajstić information content (AvgIpc) is 3.46. The zero-order valence-corrected chi connectivity index (χ0v) is 25.0.